The lowest BCUT2D eigenvalue weighted by Gasteiger charge is -2.32. The Balaban J connectivity index is 1.97. The minimum atomic E-state index is -0.170. The lowest BCUT2D eigenvalue weighted by atomic mass is 9.91. The number of fused-ring (bicyclic) bond motifs is 1. The number of nitrogens with zero attached hydrogens (tertiary/aromatic N) is 3. The molecule has 2 aromatic rings. The lowest BCUT2D eigenvalue weighted by molar-refractivity contribution is 0.0977. The maximum Gasteiger partial charge on any atom is 0.278 e. The van der Waals surface area contributed by atoms with Crippen molar-refractivity contribution in [3.05, 3.63) is 58.0 Å². The van der Waals surface area contributed by atoms with Crippen molar-refractivity contribution in [1.82, 2.24) is 9.78 Å². The Morgan fingerprint density at radius 2 is 2.04 bits per heavy atom. The molecular formula is C18H21N3O2. The van der Waals surface area contributed by atoms with Gasteiger partial charge in [0.05, 0.1) is 0 Å². The van der Waals surface area contributed by atoms with Crippen LogP contribution in [0.4, 0.5) is 5.69 Å². The lowest BCUT2D eigenvalue weighted by Crippen LogP contribution is -2.38. The smallest absolute Gasteiger partial charge is 0.278 e. The molecule has 5 nitrogen and oxygen atoms in total. The maximum absolute atomic E-state index is 12.9. The van der Waals surface area contributed by atoms with E-state index < -0.39 is 0 Å². The molecule has 2 heterocycles. The average Bonchev–Trinajstić information content (AvgIpc) is 2.57. The molecule has 1 aliphatic rings. The van der Waals surface area contributed by atoms with Gasteiger partial charge in [-0.1, -0.05) is 32.0 Å². The Morgan fingerprint density at radius 1 is 1.26 bits per heavy atom. The maximum atomic E-state index is 12.9. The van der Waals surface area contributed by atoms with E-state index in [0.717, 1.165) is 18.5 Å². The van der Waals surface area contributed by atoms with E-state index in [4.69, 9.17) is 0 Å². The third-order valence-corrected chi connectivity index (χ3v) is 4.31. The highest BCUT2D eigenvalue weighted by atomic mass is 16.2. The largest absolute Gasteiger partial charge is 0.307 e. The van der Waals surface area contributed by atoms with E-state index in [1.54, 1.807) is 4.90 Å². The van der Waals surface area contributed by atoms with Crippen LogP contribution in [0.5, 0.6) is 0 Å². The number of anilines is 1. The molecule has 0 aliphatic carbocycles. The molecule has 0 spiro atoms. The van der Waals surface area contributed by atoms with E-state index in [9.17, 15) is 9.59 Å². The van der Waals surface area contributed by atoms with Crippen molar-refractivity contribution >= 4 is 11.6 Å². The van der Waals surface area contributed by atoms with Crippen LogP contribution in [0.15, 0.2) is 41.2 Å². The van der Waals surface area contributed by atoms with E-state index >= 15 is 0 Å². The Labute approximate surface area is 135 Å². The monoisotopic (exact) mass is 311 g/mol. The summed E-state index contributed by atoms with van der Waals surface area (Å²) in [6.07, 6.45) is 1.73. The van der Waals surface area contributed by atoms with Gasteiger partial charge < -0.3 is 4.90 Å². The van der Waals surface area contributed by atoms with Gasteiger partial charge in [-0.2, -0.15) is 5.10 Å². The number of rotatable bonds is 3. The van der Waals surface area contributed by atoms with Gasteiger partial charge >= 0.3 is 0 Å². The Bertz CT molecular complexity index is 782. The summed E-state index contributed by atoms with van der Waals surface area (Å²) in [6, 6.07) is 11.0. The van der Waals surface area contributed by atoms with Crippen LogP contribution in [-0.4, -0.2) is 22.2 Å². The molecule has 1 atom stereocenters. The minimum Gasteiger partial charge on any atom is -0.307 e. The van der Waals surface area contributed by atoms with Gasteiger partial charge in [0, 0.05) is 24.8 Å². The summed E-state index contributed by atoms with van der Waals surface area (Å²) in [6.45, 7) is 5.35. The van der Waals surface area contributed by atoms with E-state index in [0.29, 0.717) is 24.7 Å². The quantitative estimate of drug-likeness (QED) is 0.876. The van der Waals surface area contributed by atoms with Crippen LogP contribution in [0.1, 0.15) is 48.7 Å². The number of amides is 1. The van der Waals surface area contributed by atoms with Gasteiger partial charge in [-0.3, -0.25) is 9.59 Å². The Kier molecular flexibility index (Phi) is 4.28. The van der Waals surface area contributed by atoms with Gasteiger partial charge in [-0.25, -0.2) is 4.68 Å². The zero-order valence-electron chi connectivity index (χ0n) is 13.5. The van der Waals surface area contributed by atoms with Crippen molar-refractivity contribution < 1.29 is 4.79 Å². The van der Waals surface area contributed by atoms with Crippen LogP contribution in [-0.2, 0) is 6.54 Å². The molecule has 0 saturated heterocycles. The molecule has 120 valence electrons. The van der Waals surface area contributed by atoms with E-state index in [-0.39, 0.29) is 11.5 Å². The summed E-state index contributed by atoms with van der Waals surface area (Å²) in [5, 5.41) is 4.24. The van der Waals surface area contributed by atoms with Crippen molar-refractivity contribution in [2.75, 3.05) is 11.4 Å². The normalized spacial score (nSPS) is 17.0. The Hall–Kier alpha value is -2.43. The van der Waals surface area contributed by atoms with Gasteiger partial charge in [0.15, 0.2) is 0 Å². The van der Waals surface area contributed by atoms with Crippen LogP contribution in [0, 0.1) is 0 Å². The van der Waals surface area contributed by atoms with Crippen molar-refractivity contribution in [3.63, 3.8) is 0 Å². The number of carbonyl (C=O) groups excluding carboxylic acids is 1. The first-order chi connectivity index (χ1) is 11.1. The topological polar surface area (TPSA) is 55.2 Å². The molecule has 0 bridgehead atoms. The van der Waals surface area contributed by atoms with Gasteiger partial charge in [0.1, 0.15) is 5.69 Å². The van der Waals surface area contributed by atoms with Gasteiger partial charge in [-0.15, -0.1) is 0 Å². The van der Waals surface area contributed by atoms with Crippen molar-refractivity contribution in [2.45, 2.75) is 39.2 Å². The molecule has 23 heavy (non-hydrogen) atoms. The van der Waals surface area contributed by atoms with Crippen LogP contribution < -0.4 is 10.5 Å². The number of benzene rings is 1. The van der Waals surface area contributed by atoms with Crippen LogP contribution in [0.2, 0.25) is 0 Å². The molecule has 1 aliphatic heterocycles. The fourth-order valence-corrected chi connectivity index (χ4v) is 3.03. The summed E-state index contributed by atoms with van der Waals surface area (Å²) in [5.74, 6) is 0.298. The third-order valence-electron chi connectivity index (χ3n) is 4.31. The highest BCUT2D eigenvalue weighted by Crippen LogP contribution is 2.35. The number of para-hydroxylation sites is 1. The SMILES string of the molecule is CCCn1nc(C(=O)N2CCC(C)c3ccccc32)ccc1=O. The summed E-state index contributed by atoms with van der Waals surface area (Å²) in [7, 11) is 0. The van der Waals surface area contributed by atoms with Crippen LogP contribution in [0.3, 0.4) is 0 Å². The molecule has 1 aromatic carbocycles. The van der Waals surface area contributed by atoms with E-state index in [1.807, 2.05) is 25.1 Å². The highest BCUT2D eigenvalue weighted by Gasteiger charge is 2.27. The molecule has 0 fully saturated rings. The molecule has 3 rings (SSSR count). The number of aromatic nitrogens is 2. The molecule has 0 saturated carbocycles. The van der Waals surface area contributed by atoms with Crippen molar-refractivity contribution in [2.24, 2.45) is 0 Å². The minimum absolute atomic E-state index is 0.144. The van der Waals surface area contributed by atoms with Crippen LogP contribution in [0.25, 0.3) is 0 Å². The summed E-state index contributed by atoms with van der Waals surface area (Å²) in [5.41, 5.74) is 2.29. The van der Waals surface area contributed by atoms with Gasteiger partial charge in [0.2, 0.25) is 0 Å². The van der Waals surface area contributed by atoms with Crippen molar-refractivity contribution in [1.29, 1.82) is 0 Å². The number of aryl methyl sites for hydroxylation is 1. The second-order valence-electron chi connectivity index (χ2n) is 5.99. The molecule has 0 N–H and O–H groups in total. The molecule has 1 unspecified atom stereocenters. The predicted octanol–water partition coefficient (Wildman–Crippen LogP) is 2.81. The highest BCUT2D eigenvalue weighted by molar-refractivity contribution is 6.05. The standard InChI is InChI=1S/C18H21N3O2/c1-3-11-21-17(22)9-8-15(19-21)18(23)20-12-10-13(2)14-6-4-5-7-16(14)20/h4-9,13H,3,10-12H2,1-2H3. The van der Waals surface area contributed by atoms with Crippen molar-refractivity contribution in [3.8, 4) is 0 Å². The summed E-state index contributed by atoms with van der Waals surface area (Å²) >= 11 is 0. The summed E-state index contributed by atoms with van der Waals surface area (Å²) in [4.78, 5) is 26.4. The number of hydrogen-bond acceptors (Lipinski definition) is 3. The number of hydrogen-bond donors (Lipinski definition) is 0. The summed E-state index contributed by atoms with van der Waals surface area (Å²) < 4.78 is 1.37. The third kappa shape index (κ3) is 2.91. The zero-order chi connectivity index (χ0) is 16.4. The Morgan fingerprint density at radius 3 is 2.83 bits per heavy atom. The van der Waals surface area contributed by atoms with Crippen LogP contribution >= 0.6 is 0 Å². The van der Waals surface area contributed by atoms with Gasteiger partial charge in [0.25, 0.3) is 11.5 Å². The first kappa shape index (κ1) is 15.5. The average molecular weight is 311 g/mol. The van der Waals surface area contributed by atoms with E-state index in [2.05, 4.69) is 18.1 Å². The number of carbonyl (C=O) groups is 1. The molecule has 0 radical (unpaired) electrons. The zero-order valence-corrected chi connectivity index (χ0v) is 13.5. The molecule has 1 aromatic heterocycles. The first-order valence-electron chi connectivity index (χ1n) is 8.10. The van der Waals surface area contributed by atoms with Gasteiger partial charge in [-0.05, 0) is 36.5 Å². The second-order valence-corrected chi connectivity index (χ2v) is 5.99. The molecule has 5 heteroatoms. The molecular weight excluding hydrogens is 290 g/mol. The predicted molar refractivity (Wildman–Crippen MR) is 89.9 cm³/mol. The molecule has 1 amide bonds. The fraction of sp³-hybridized carbons (Fsp3) is 0.389. The fourth-order valence-electron chi connectivity index (χ4n) is 3.03. The second kappa shape index (κ2) is 6.36. The first-order valence-corrected chi connectivity index (χ1v) is 8.10. The van der Waals surface area contributed by atoms with E-state index in [1.165, 1.54) is 22.4 Å².